The molecule has 37 heavy (non-hydrogen) atoms. The van der Waals surface area contributed by atoms with Crippen molar-refractivity contribution >= 4 is 23.4 Å². The molecule has 0 aliphatic carbocycles. The van der Waals surface area contributed by atoms with Crippen molar-refractivity contribution in [1.82, 2.24) is 19.7 Å². The molecule has 2 heterocycles. The van der Waals surface area contributed by atoms with Crippen LogP contribution in [0.5, 0.6) is 0 Å². The Kier molecular flexibility index (Phi) is 8.15. The van der Waals surface area contributed by atoms with Crippen LogP contribution in [-0.2, 0) is 4.79 Å². The van der Waals surface area contributed by atoms with Crippen molar-refractivity contribution < 1.29 is 9.18 Å². The van der Waals surface area contributed by atoms with Crippen molar-refractivity contribution in [3.63, 3.8) is 0 Å². The molecule has 0 unspecified atom stereocenters. The van der Waals surface area contributed by atoms with Crippen molar-refractivity contribution in [3.8, 4) is 17.1 Å². The minimum Gasteiger partial charge on any atom is -0.366 e. The van der Waals surface area contributed by atoms with Gasteiger partial charge in [-0.1, -0.05) is 72.4 Å². The smallest absolute Gasteiger partial charge is 0.222 e. The number of thioether (sulfide) groups is 1. The average Bonchev–Trinajstić information content (AvgIpc) is 3.38. The predicted octanol–water partition coefficient (Wildman–Crippen LogP) is 5.68. The molecule has 0 N–H and O–H groups in total. The Morgan fingerprint density at radius 3 is 2.22 bits per heavy atom. The zero-order valence-electron chi connectivity index (χ0n) is 20.7. The van der Waals surface area contributed by atoms with E-state index < -0.39 is 0 Å². The fraction of sp³-hybridized carbons (Fsp3) is 0.276. The molecule has 190 valence electrons. The summed E-state index contributed by atoms with van der Waals surface area (Å²) in [5.41, 5.74) is 2.66. The van der Waals surface area contributed by atoms with E-state index in [1.165, 1.54) is 6.07 Å². The molecule has 0 radical (unpaired) electrons. The van der Waals surface area contributed by atoms with E-state index in [2.05, 4.69) is 26.9 Å². The minimum atomic E-state index is -0.209. The van der Waals surface area contributed by atoms with Crippen molar-refractivity contribution in [2.75, 3.05) is 36.8 Å². The molecule has 0 atom stereocenters. The molecule has 1 saturated heterocycles. The molecule has 4 aromatic rings. The number of rotatable bonds is 9. The SMILES string of the molecule is O=C(CCCCSc1nnc(-c2ccccc2)n1-c1ccccc1)N1CCN(c2ccccc2F)CC1. The van der Waals surface area contributed by atoms with Gasteiger partial charge in [0.15, 0.2) is 11.0 Å². The van der Waals surface area contributed by atoms with Crippen molar-refractivity contribution in [1.29, 1.82) is 0 Å². The topological polar surface area (TPSA) is 54.3 Å². The van der Waals surface area contributed by atoms with E-state index in [4.69, 9.17) is 0 Å². The summed E-state index contributed by atoms with van der Waals surface area (Å²) >= 11 is 1.67. The maximum atomic E-state index is 14.1. The third-order valence-electron chi connectivity index (χ3n) is 6.52. The molecule has 8 heteroatoms. The van der Waals surface area contributed by atoms with Gasteiger partial charge in [-0.15, -0.1) is 10.2 Å². The highest BCUT2D eigenvalue weighted by Gasteiger charge is 2.22. The van der Waals surface area contributed by atoms with Crippen molar-refractivity contribution in [3.05, 3.63) is 90.7 Å². The number of unbranched alkanes of at least 4 members (excludes halogenated alkanes) is 1. The van der Waals surface area contributed by atoms with Gasteiger partial charge in [-0.05, 0) is 37.1 Å². The van der Waals surface area contributed by atoms with Crippen LogP contribution < -0.4 is 4.90 Å². The van der Waals surface area contributed by atoms with Gasteiger partial charge >= 0.3 is 0 Å². The van der Waals surface area contributed by atoms with Crippen LogP contribution in [0.15, 0.2) is 90.1 Å². The number of nitrogens with zero attached hydrogens (tertiary/aromatic N) is 5. The molecule has 1 aliphatic heterocycles. The predicted molar refractivity (Wildman–Crippen MR) is 147 cm³/mol. The summed E-state index contributed by atoms with van der Waals surface area (Å²) in [6.45, 7) is 2.57. The summed E-state index contributed by atoms with van der Waals surface area (Å²) in [4.78, 5) is 16.7. The van der Waals surface area contributed by atoms with Crippen LogP contribution in [0.2, 0.25) is 0 Å². The molecule has 3 aromatic carbocycles. The van der Waals surface area contributed by atoms with Gasteiger partial charge < -0.3 is 9.80 Å². The lowest BCUT2D eigenvalue weighted by Crippen LogP contribution is -2.49. The number of piperazine rings is 1. The van der Waals surface area contributed by atoms with Gasteiger partial charge in [0, 0.05) is 49.6 Å². The summed E-state index contributed by atoms with van der Waals surface area (Å²) in [6, 6.07) is 27.1. The normalized spacial score (nSPS) is 13.6. The lowest BCUT2D eigenvalue weighted by molar-refractivity contribution is -0.131. The van der Waals surface area contributed by atoms with Crippen LogP contribution in [0.25, 0.3) is 17.1 Å². The first-order chi connectivity index (χ1) is 18.2. The highest BCUT2D eigenvalue weighted by molar-refractivity contribution is 7.99. The fourth-order valence-electron chi connectivity index (χ4n) is 4.55. The number of hydrogen-bond donors (Lipinski definition) is 0. The maximum absolute atomic E-state index is 14.1. The fourth-order valence-corrected chi connectivity index (χ4v) is 5.50. The Morgan fingerprint density at radius 2 is 1.49 bits per heavy atom. The summed E-state index contributed by atoms with van der Waals surface area (Å²) in [5.74, 6) is 1.64. The van der Waals surface area contributed by atoms with Gasteiger partial charge in [-0.3, -0.25) is 9.36 Å². The molecule has 1 aromatic heterocycles. The Bertz CT molecular complexity index is 1310. The summed E-state index contributed by atoms with van der Waals surface area (Å²) in [6.07, 6.45) is 2.26. The quantitative estimate of drug-likeness (QED) is 0.212. The van der Waals surface area contributed by atoms with Gasteiger partial charge in [0.1, 0.15) is 5.82 Å². The molecule has 6 nitrogen and oxygen atoms in total. The number of anilines is 1. The van der Waals surface area contributed by atoms with E-state index in [9.17, 15) is 9.18 Å². The van der Waals surface area contributed by atoms with Gasteiger partial charge in [0.25, 0.3) is 0 Å². The van der Waals surface area contributed by atoms with Gasteiger partial charge in [0.2, 0.25) is 5.91 Å². The van der Waals surface area contributed by atoms with Crippen LogP contribution in [0, 0.1) is 5.82 Å². The number of para-hydroxylation sites is 2. The Balaban J connectivity index is 1.12. The summed E-state index contributed by atoms with van der Waals surface area (Å²) in [7, 11) is 0. The molecule has 0 saturated carbocycles. The lowest BCUT2D eigenvalue weighted by Gasteiger charge is -2.36. The van der Waals surface area contributed by atoms with E-state index >= 15 is 0 Å². The Morgan fingerprint density at radius 1 is 0.811 bits per heavy atom. The van der Waals surface area contributed by atoms with Gasteiger partial charge in [-0.25, -0.2) is 4.39 Å². The monoisotopic (exact) mass is 515 g/mol. The number of amides is 1. The first-order valence-electron chi connectivity index (χ1n) is 12.7. The molecule has 1 fully saturated rings. The largest absolute Gasteiger partial charge is 0.366 e. The number of aromatic nitrogens is 3. The van der Waals surface area contributed by atoms with E-state index in [0.29, 0.717) is 38.3 Å². The number of carbonyl (C=O) groups excluding carboxylic acids is 1. The molecular formula is C29H30FN5OS. The number of benzene rings is 3. The average molecular weight is 516 g/mol. The third kappa shape index (κ3) is 6.02. The molecule has 1 aliphatic rings. The van der Waals surface area contributed by atoms with Gasteiger partial charge in [0.05, 0.1) is 5.69 Å². The third-order valence-corrected chi connectivity index (χ3v) is 7.54. The summed E-state index contributed by atoms with van der Waals surface area (Å²) < 4.78 is 16.2. The Labute approximate surface area is 221 Å². The standard InChI is InChI=1S/C29H30FN5OS/c30-25-15-7-8-16-26(25)33-18-20-34(21-19-33)27(36)17-9-10-22-37-29-32-31-28(23-11-3-1-4-12-23)35(29)24-13-5-2-6-14-24/h1-8,11-16H,9-10,17-22H2. The minimum absolute atomic E-state index is 0.178. The zero-order chi connectivity index (χ0) is 25.5. The molecule has 1 amide bonds. The molecule has 0 spiro atoms. The van der Waals surface area contributed by atoms with Crippen LogP contribution in [0.1, 0.15) is 19.3 Å². The lowest BCUT2D eigenvalue weighted by atomic mass is 10.2. The zero-order valence-corrected chi connectivity index (χ0v) is 21.5. The van der Waals surface area contributed by atoms with E-state index in [0.717, 1.165) is 40.8 Å². The molecule has 5 rings (SSSR count). The van der Waals surface area contributed by atoms with Crippen LogP contribution in [0.3, 0.4) is 0 Å². The van der Waals surface area contributed by atoms with Crippen molar-refractivity contribution in [2.24, 2.45) is 0 Å². The first kappa shape index (κ1) is 25.0. The van der Waals surface area contributed by atoms with E-state index in [1.807, 2.05) is 64.4 Å². The second-order valence-corrected chi connectivity index (χ2v) is 10.0. The number of carbonyl (C=O) groups is 1. The first-order valence-corrected chi connectivity index (χ1v) is 13.7. The van der Waals surface area contributed by atoms with Crippen LogP contribution in [-0.4, -0.2) is 57.5 Å². The highest BCUT2D eigenvalue weighted by atomic mass is 32.2. The second-order valence-electron chi connectivity index (χ2n) is 8.97. The van der Waals surface area contributed by atoms with Crippen LogP contribution in [0.4, 0.5) is 10.1 Å². The van der Waals surface area contributed by atoms with Crippen molar-refractivity contribution in [2.45, 2.75) is 24.4 Å². The van der Waals surface area contributed by atoms with Gasteiger partial charge in [-0.2, -0.15) is 0 Å². The second kappa shape index (κ2) is 12.1. The highest BCUT2D eigenvalue weighted by Crippen LogP contribution is 2.28. The maximum Gasteiger partial charge on any atom is 0.222 e. The Hall–Kier alpha value is -3.65. The summed E-state index contributed by atoms with van der Waals surface area (Å²) in [5, 5.41) is 9.82. The number of halogens is 1. The molecular weight excluding hydrogens is 485 g/mol. The number of hydrogen-bond acceptors (Lipinski definition) is 5. The van der Waals surface area contributed by atoms with E-state index in [1.54, 1.807) is 23.9 Å². The van der Waals surface area contributed by atoms with Crippen LogP contribution >= 0.6 is 11.8 Å². The molecule has 0 bridgehead atoms. The van der Waals surface area contributed by atoms with E-state index in [-0.39, 0.29) is 11.7 Å².